The molecule has 0 amide bonds. The van der Waals surface area contributed by atoms with E-state index in [9.17, 15) is 0 Å². The molecule has 0 aliphatic carbocycles. The van der Waals surface area contributed by atoms with Crippen LogP contribution in [0.1, 0.15) is 0 Å². The molecular weight excluding hydrogens is 224 g/mol. The molecular formula is C15H18N2O. The van der Waals surface area contributed by atoms with E-state index < -0.39 is 0 Å². The van der Waals surface area contributed by atoms with Crippen molar-refractivity contribution >= 4 is 0 Å². The molecule has 1 aliphatic heterocycles. The van der Waals surface area contributed by atoms with Crippen molar-refractivity contribution in [2.24, 2.45) is 5.84 Å². The average molecular weight is 242 g/mol. The number of hydrogen-bond donors (Lipinski definition) is 2. The zero-order valence-corrected chi connectivity index (χ0v) is 10.3. The summed E-state index contributed by atoms with van der Waals surface area (Å²) in [5.41, 5.74) is 5.06. The fourth-order valence-electron chi connectivity index (χ4n) is 1.58. The van der Waals surface area contributed by atoms with Crippen LogP contribution in [0.4, 0.5) is 0 Å². The van der Waals surface area contributed by atoms with E-state index in [4.69, 9.17) is 10.6 Å². The molecule has 3 rings (SSSR count). The van der Waals surface area contributed by atoms with E-state index in [1.54, 1.807) is 0 Å². The molecule has 0 saturated carbocycles. The highest BCUT2D eigenvalue weighted by atomic mass is 16.6. The Morgan fingerprint density at radius 1 is 0.944 bits per heavy atom. The van der Waals surface area contributed by atoms with E-state index in [0.29, 0.717) is 6.10 Å². The van der Waals surface area contributed by atoms with Crippen LogP contribution >= 0.6 is 0 Å². The van der Waals surface area contributed by atoms with E-state index >= 15 is 0 Å². The lowest BCUT2D eigenvalue weighted by Gasteiger charge is -1.98. The number of rotatable bonds is 3. The van der Waals surface area contributed by atoms with Gasteiger partial charge in [0.2, 0.25) is 0 Å². The first-order valence-corrected chi connectivity index (χ1v) is 6.05. The van der Waals surface area contributed by atoms with Crippen LogP contribution in [0, 0.1) is 0 Å². The van der Waals surface area contributed by atoms with E-state index in [-0.39, 0.29) is 0 Å². The number of hydrazine groups is 1. The Morgan fingerprint density at radius 3 is 1.67 bits per heavy atom. The molecule has 1 aliphatic rings. The fourth-order valence-corrected chi connectivity index (χ4v) is 1.58. The summed E-state index contributed by atoms with van der Waals surface area (Å²) in [6.07, 6.45) is 0.412. The number of epoxide rings is 1. The van der Waals surface area contributed by atoms with Crippen molar-refractivity contribution in [3.05, 3.63) is 60.7 Å². The van der Waals surface area contributed by atoms with E-state index in [1.807, 2.05) is 12.1 Å². The van der Waals surface area contributed by atoms with E-state index in [0.717, 1.165) is 13.2 Å². The number of ether oxygens (including phenoxy) is 1. The lowest BCUT2D eigenvalue weighted by molar-refractivity contribution is 0.398. The third kappa shape index (κ3) is 4.30. The molecule has 0 bridgehead atoms. The molecule has 0 spiro atoms. The molecule has 0 radical (unpaired) electrons. The molecule has 18 heavy (non-hydrogen) atoms. The molecule has 3 heteroatoms. The first-order chi connectivity index (χ1) is 8.90. The Labute approximate surface area is 108 Å². The predicted octanol–water partition coefficient (Wildman–Crippen LogP) is 2.20. The van der Waals surface area contributed by atoms with Gasteiger partial charge in [-0.2, -0.15) is 0 Å². The topological polar surface area (TPSA) is 50.6 Å². The van der Waals surface area contributed by atoms with Gasteiger partial charge in [-0.25, -0.2) is 0 Å². The van der Waals surface area contributed by atoms with Crippen molar-refractivity contribution in [2.45, 2.75) is 6.10 Å². The van der Waals surface area contributed by atoms with Gasteiger partial charge >= 0.3 is 0 Å². The SMILES string of the molecule is NNCC1CO1.c1ccc(-c2ccccc2)cc1. The first kappa shape index (κ1) is 12.8. The van der Waals surface area contributed by atoms with Crippen LogP contribution in [-0.2, 0) is 4.74 Å². The number of hydrogen-bond acceptors (Lipinski definition) is 3. The second-order valence-electron chi connectivity index (χ2n) is 4.10. The van der Waals surface area contributed by atoms with Gasteiger partial charge < -0.3 is 4.74 Å². The van der Waals surface area contributed by atoms with Gasteiger partial charge in [0.25, 0.3) is 0 Å². The predicted molar refractivity (Wildman–Crippen MR) is 73.8 cm³/mol. The van der Waals surface area contributed by atoms with Crippen molar-refractivity contribution in [3.8, 4) is 11.1 Å². The molecule has 1 fully saturated rings. The zero-order chi connectivity index (χ0) is 12.6. The zero-order valence-electron chi connectivity index (χ0n) is 10.3. The minimum absolute atomic E-state index is 0.412. The molecule has 2 aromatic carbocycles. The molecule has 3 N–H and O–H groups in total. The highest BCUT2D eigenvalue weighted by Gasteiger charge is 2.20. The van der Waals surface area contributed by atoms with Crippen molar-refractivity contribution in [1.29, 1.82) is 0 Å². The maximum atomic E-state index is 4.94. The van der Waals surface area contributed by atoms with Gasteiger partial charge in [-0.05, 0) is 11.1 Å². The lowest BCUT2D eigenvalue weighted by Crippen LogP contribution is -2.26. The minimum atomic E-state index is 0.412. The summed E-state index contributed by atoms with van der Waals surface area (Å²) >= 11 is 0. The van der Waals surface area contributed by atoms with Crippen LogP contribution < -0.4 is 11.3 Å². The quantitative estimate of drug-likeness (QED) is 0.493. The largest absolute Gasteiger partial charge is 0.372 e. The molecule has 1 atom stereocenters. The van der Waals surface area contributed by atoms with Crippen molar-refractivity contribution < 1.29 is 4.74 Å². The van der Waals surface area contributed by atoms with Gasteiger partial charge in [0.1, 0.15) is 0 Å². The van der Waals surface area contributed by atoms with Crippen LogP contribution in [0.15, 0.2) is 60.7 Å². The summed E-state index contributed by atoms with van der Waals surface area (Å²) in [5.74, 6) is 4.94. The summed E-state index contributed by atoms with van der Waals surface area (Å²) in [6.45, 7) is 1.67. The van der Waals surface area contributed by atoms with E-state index in [2.05, 4.69) is 54.0 Å². The number of nitrogens with two attached hydrogens (primary N) is 1. The Kier molecular flexibility index (Phi) is 4.90. The standard InChI is InChI=1S/C12H10.C3H8N2O/c1-3-7-11(8-4-1)12-9-5-2-6-10-12;4-5-1-3-2-6-3/h1-10H;3,5H,1-2,4H2. The molecule has 0 aromatic heterocycles. The number of benzene rings is 2. The maximum absolute atomic E-state index is 4.94. The van der Waals surface area contributed by atoms with Gasteiger partial charge in [-0.15, -0.1) is 0 Å². The molecule has 1 unspecified atom stereocenters. The van der Waals surface area contributed by atoms with Crippen LogP contribution in [-0.4, -0.2) is 19.3 Å². The Bertz CT molecular complexity index is 403. The monoisotopic (exact) mass is 242 g/mol. The summed E-state index contributed by atoms with van der Waals surface area (Å²) in [7, 11) is 0. The van der Waals surface area contributed by atoms with Gasteiger partial charge in [-0.3, -0.25) is 11.3 Å². The second kappa shape index (κ2) is 6.91. The van der Waals surface area contributed by atoms with Crippen molar-refractivity contribution in [3.63, 3.8) is 0 Å². The number of nitrogens with one attached hydrogen (secondary N) is 1. The first-order valence-electron chi connectivity index (χ1n) is 6.05. The summed E-state index contributed by atoms with van der Waals surface area (Å²) in [6, 6.07) is 20.8. The third-order valence-electron chi connectivity index (χ3n) is 2.63. The summed E-state index contributed by atoms with van der Waals surface area (Å²) in [4.78, 5) is 0. The summed E-state index contributed by atoms with van der Waals surface area (Å²) < 4.78 is 4.81. The molecule has 2 aromatic rings. The van der Waals surface area contributed by atoms with Crippen LogP contribution in [0.25, 0.3) is 11.1 Å². The average Bonchev–Trinajstić information content (AvgIpc) is 3.26. The van der Waals surface area contributed by atoms with Crippen LogP contribution in [0.3, 0.4) is 0 Å². The van der Waals surface area contributed by atoms with Gasteiger partial charge in [0.15, 0.2) is 0 Å². The molecule has 1 heterocycles. The van der Waals surface area contributed by atoms with E-state index in [1.165, 1.54) is 11.1 Å². The molecule has 3 nitrogen and oxygen atoms in total. The van der Waals surface area contributed by atoms with Gasteiger partial charge in [0.05, 0.1) is 12.7 Å². The highest BCUT2D eigenvalue weighted by molar-refractivity contribution is 5.62. The molecule has 1 saturated heterocycles. The smallest absolute Gasteiger partial charge is 0.0947 e. The van der Waals surface area contributed by atoms with Gasteiger partial charge in [-0.1, -0.05) is 60.7 Å². The lowest BCUT2D eigenvalue weighted by atomic mass is 10.1. The van der Waals surface area contributed by atoms with Crippen LogP contribution in [0.2, 0.25) is 0 Å². The third-order valence-corrected chi connectivity index (χ3v) is 2.63. The maximum Gasteiger partial charge on any atom is 0.0947 e. The minimum Gasteiger partial charge on any atom is -0.372 e. The molecule has 94 valence electrons. The fraction of sp³-hybridized carbons (Fsp3) is 0.200. The Morgan fingerprint density at radius 2 is 1.39 bits per heavy atom. The van der Waals surface area contributed by atoms with Crippen molar-refractivity contribution in [2.75, 3.05) is 13.2 Å². The highest BCUT2D eigenvalue weighted by Crippen LogP contribution is 2.17. The van der Waals surface area contributed by atoms with Crippen molar-refractivity contribution in [1.82, 2.24) is 5.43 Å². The van der Waals surface area contributed by atoms with Crippen LogP contribution in [0.5, 0.6) is 0 Å². The van der Waals surface area contributed by atoms with Gasteiger partial charge in [0, 0.05) is 6.54 Å². The Hall–Kier alpha value is -1.68. The Balaban J connectivity index is 0.000000169. The summed E-state index contributed by atoms with van der Waals surface area (Å²) in [5, 5.41) is 0. The second-order valence-corrected chi connectivity index (χ2v) is 4.10. The normalized spacial score (nSPS) is 16.6.